The van der Waals surface area contributed by atoms with E-state index in [0.29, 0.717) is 18.7 Å². The Balaban J connectivity index is 2.46. The van der Waals surface area contributed by atoms with Crippen molar-refractivity contribution >= 4 is 27.5 Å². The van der Waals surface area contributed by atoms with E-state index in [0.717, 1.165) is 10.9 Å². The highest BCUT2D eigenvalue weighted by atomic mass is 79.9. The Hall–Kier alpha value is -0.120. The molecule has 1 unspecified atom stereocenters. The van der Waals surface area contributed by atoms with Crippen LogP contribution in [0, 0.1) is 5.82 Å². The average molecular weight is 295 g/mol. The van der Waals surface area contributed by atoms with E-state index >= 15 is 0 Å². The fraction of sp³-hybridized carbons (Fsp3) is 0.455. The van der Waals surface area contributed by atoms with Gasteiger partial charge in [-0.1, -0.05) is 22.9 Å². The van der Waals surface area contributed by atoms with E-state index in [1.807, 2.05) is 6.92 Å². The first-order valence-electron chi connectivity index (χ1n) is 4.92. The molecule has 1 atom stereocenters. The lowest BCUT2D eigenvalue weighted by atomic mass is 10.2. The van der Waals surface area contributed by atoms with Crippen molar-refractivity contribution in [3.63, 3.8) is 0 Å². The summed E-state index contributed by atoms with van der Waals surface area (Å²) in [6, 6.07) is 4.92. The minimum atomic E-state index is -0.187. The van der Waals surface area contributed by atoms with Crippen molar-refractivity contribution in [1.29, 1.82) is 0 Å². The molecule has 0 radical (unpaired) electrons. The smallest absolute Gasteiger partial charge is 0.127 e. The minimum absolute atomic E-state index is 0.111. The molecule has 1 aromatic rings. The van der Waals surface area contributed by atoms with Gasteiger partial charge in [-0.3, -0.25) is 0 Å². The van der Waals surface area contributed by atoms with Gasteiger partial charge in [0.1, 0.15) is 5.82 Å². The van der Waals surface area contributed by atoms with Crippen molar-refractivity contribution in [3.05, 3.63) is 34.1 Å². The molecule has 84 valence electrons. The third kappa shape index (κ3) is 4.49. The lowest BCUT2D eigenvalue weighted by Crippen LogP contribution is -2.22. The van der Waals surface area contributed by atoms with Crippen molar-refractivity contribution in [1.82, 2.24) is 5.32 Å². The van der Waals surface area contributed by atoms with Crippen molar-refractivity contribution in [2.75, 3.05) is 6.54 Å². The predicted molar refractivity (Wildman–Crippen MR) is 65.7 cm³/mol. The molecule has 4 heteroatoms. The van der Waals surface area contributed by atoms with Crippen molar-refractivity contribution in [2.45, 2.75) is 25.3 Å². The molecule has 0 amide bonds. The summed E-state index contributed by atoms with van der Waals surface area (Å²) in [6.45, 7) is 3.23. The monoisotopic (exact) mass is 293 g/mol. The maximum atomic E-state index is 13.3. The highest BCUT2D eigenvalue weighted by Gasteiger charge is 2.04. The molecule has 0 aliphatic carbocycles. The number of alkyl halides is 1. The van der Waals surface area contributed by atoms with Crippen LogP contribution in [0.1, 0.15) is 18.9 Å². The van der Waals surface area contributed by atoms with Crippen LogP contribution in [0.4, 0.5) is 4.39 Å². The molecule has 0 fully saturated rings. The lowest BCUT2D eigenvalue weighted by molar-refractivity contribution is 0.581. The van der Waals surface area contributed by atoms with Gasteiger partial charge in [0.2, 0.25) is 0 Å². The van der Waals surface area contributed by atoms with Gasteiger partial charge in [-0.2, -0.15) is 0 Å². The van der Waals surface area contributed by atoms with Crippen LogP contribution in [0.3, 0.4) is 0 Å². The lowest BCUT2D eigenvalue weighted by Gasteiger charge is -2.09. The average Bonchev–Trinajstić information content (AvgIpc) is 2.23. The highest BCUT2D eigenvalue weighted by Crippen LogP contribution is 2.15. The van der Waals surface area contributed by atoms with Gasteiger partial charge in [-0.15, -0.1) is 11.6 Å². The first-order valence-corrected chi connectivity index (χ1v) is 6.15. The molecule has 0 spiro atoms. The third-order valence-corrected chi connectivity index (χ3v) is 3.09. The Morgan fingerprint density at radius 2 is 2.27 bits per heavy atom. The molecule has 0 aliphatic rings. The summed E-state index contributed by atoms with van der Waals surface area (Å²) in [7, 11) is 0. The SMILES string of the molecule is CCC(Cl)CNCc1cc(Br)ccc1F. The van der Waals surface area contributed by atoms with Crippen LogP contribution < -0.4 is 5.32 Å². The predicted octanol–water partition coefficient (Wildman–Crippen LogP) is 3.70. The Labute approximate surface area is 103 Å². The maximum Gasteiger partial charge on any atom is 0.127 e. The van der Waals surface area contributed by atoms with Gasteiger partial charge < -0.3 is 5.32 Å². The molecule has 15 heavy (non-hydrogen) atoms. The normalized spacial score (nSPS) is 12.8. The van der Waals surface area contributed by atoms with Crippen LogP contribution in [-0.4, -0.2) is 11.9 Å². The Morgan fingerprint density at radius 1 is 1.53 bits per heavy atom. The van der Waals surface area contributed by atoms with Gasteiger partial charge in [-0.25, -0.2) is 4.39 Å². The number of hydrogen-bond donors (Lipinski definition) is 1. The van der Waals surface area contributed by atoms with Gasteiger partial charge in [0.15, 0.2) is 0 Å². The second-order valence-electron chi connectivity index (χ2n) is 3.37. The molecule has 1 rings (SSSR count). The second kappa shape index (κ2) is 6.46. The molecular formula is C11H14BrClFN. The van der Waals surface area contributed by atoms with Crippen LogP contribution in [0.25, 0.3) is 0 Å². The van der Waals surface area contributed by atoms with E-state index in [1.165, 1.54) is 6.07 Å². The zero-order valence-electron chi connectivity index (χ0n) is 8.56. The molecule has 1 N–H and O–H groups in total. The summed E-state index contributed by atoms with van der Waals surface area (Å²) in [4.78, 5) is 0. The molecule has 0 aliphatic heterocycles. The molecule has 0 bridgehead atoms. The molecule has 1 aromatic carbocycles. The van der Waals surface area contributed by atoms with Crippen LogP contribution in [-0.2, 0) is 6.54 Å². The Morgan fingerprint density at radius 3 is 2.93 bits per heavy atom. The number of rotatable bonds is 5. The highest BCUT2D eigenvalue weighted by molar-refractivity contribution is 9.10. The number of hydrogen-bond acceptors (Lipinski definition) is 1. The van der Waals surface area contributed by atoms with E-state index in [-0.39, 0.29) is 11.2 Å². The quantitative estimate of drug-likeness (QED) is 0.817. The van der Waals surface area contributed by atoms with Gasteiger partial charge in [0.05, 0.1) is 0 Å². The summed E-state index contributed by atoms with van der Waals surface area (Å²) >= 11 is 9.25. The largest absolute Gasteiger partial charge is 0.311 e. The van der Waals surface area contributed by atoms with Gasteiger partial charge in [0, 0.05) is 28.5 Å². The maximum absolute atomic E-state index is 13.3. The molecular weight excluding hydrogens is 280 g/mol. The fourth-order valence-corrected chi connectivity index (χ4v) is 1.70. The standard InChI is InChI=1S/C11H14BrClFN/c1-2-10(13)7-15-6-8-5-9(12)3-4-11(8)14/h3-5,10,15H,2,6-7H2,1H3. The van der Waals surface area contributed by atoms with Crippen LogP contribution in [0.2, 0.25) is 0 Å². The summed E-state index contributed by atoms with van der Waals surface area (Å²) in [5.41, 5.74) is 0.657. The Bertz CT molecular complexity index is 319. The molecule has 0 saturated heterocycles. The van der Waals surface area contributed by atoms with Crippen LogP contribution in [0.5, 0.6) is 0 Å². The third-order valence-electron chi connectivity index (χ3n) is 2.13. The summed E-state index contributed by atoms with van der Waals surface area (Å²) in [5.74, 6) is -0.187. The van der Waals surface area contributed by atoms with Gasteiger partial charge in [0.25, 0.3) is 0 Å². The molecule has 0 heterocycles. The number of nitrogens with one attached hydrogen (secondary N) is 1. The van der Waals surface area contributed by atoms with Gasteiger partial charge in [-0.05, 0) is 24.6 Å². The summed E-state index contributed by atoms with van der Waals surface area (Å²) < 4.78 is 14.2. The van der Waals surface area contributed by atoms with Crippen molar-refractivity contribution in [3.8, 4) is 0 Å². The minimum Gasteiger partial charge on any atom is -0.311 e. The second-order valence-corrected chi connectivity index (χ2v) is 4.91. The summed E-state index contributed by atoms with van der Waals surface area (Å²) in [5, 5.41) is 3.24. The zero-order chi connectivity index (χ0) is 11.3. The van der Waals surface area contributed by atoms with Crippen molar-refractivity contribution < 1.29 is 4.39 Å². The summed E-state index contributed by atoms with van der Waals surface area (Å²) in [6.07, 6.45) is 0.912. The molecule has 0 aromatic heterocycles. The van der Waals surface area contributed by atoms with Crippen LogP contribution >= 0.6 is 27.5 Å². The topological polar surface area (TPSA) is 12.0 Å². The van der Waals surface area contributed by atoms with E-state index < -0.39 is 0 Å². The number of halogens is 3. The Kier molecular flexibility index (Phi) is 5.58. The van der Waals surface area contributed by atoms with E-state index in [2.05, 4.69) is 21.2 Å². The molecule has 0 saturated carbocycles. The van der Waals surface area contributed by atoms with Crippen molar-refractivity contribution in [2.24, 2.45) is 0 Å². The van der Waals surface area contributed by atoms with Crippen LogP contribution in [0.15, 0.2) is 22.7 Å². The first-order chi connectivity index (χ1) is 7.13. The van der Waals surface area contributed by atoms with E-state index in [9.17, 15) is 4.39 Å². The fourth-order valence-electron chi connectivity index (χ4n) is 1.19. The van der Waals surface area contributed by atoms with E-state index in [4.69, 9.17) is 11.6 Å². The van der Waals surface area contributed by atoms with E-state index in [1.54, 1.807) is 12.1 Å². The van der Waals surface area contributed by atoms with Gasteiger partial charge >= 0.3 is 0 Å². The molecule has 1 nitrogen and oxygen atoms in total. The first kappa shape index (κ1) is 12.9. The number of benzene rings is 1. The zero-order valence-corrected chi connectivity index (χ0v) is 10.9.